The first-order chi connectivity index (χ1) is 13.4. The SMILES string of the molecule is C[C@H]1CCCN(c2ccc(C(=O)NCCc3ccc(F)cc3)cc2[N+](=O)[O-])C1. The van der Waals surface area contributed by atoms with Crippen LogP contribution in [0.1, 0.15) is 35.7 Å². The monoisotopic (exact) mass is 385 g/mol. The van der Waals surface area contributed by atoms with Gasteiger partial charge in [-0.3, -0.25) is 14.9 Å². The van der Waals surface area contributed by atoms with Crippen LogP contribution >= 0.6 is 0 Å². The van der Waals surface area contributed by atoms with Gasteiger partial charge in [-0.15, -0.1) is 0 Å². The molecule has 1 N–H and O–H groups in total. The van der Waals surface area contributed by atoms with Crippen LogP contribution in [0.5, 0.6) is 0 Å². The van der Waals surface area contributed by atoms with E-state index in [0.29, 0.717) is 24.6 Å². The van der Waals surface area contributed by atoms with Gasteiger partial charge in [0, 0.05) is 31.3 Å². The highest BCUT2D eigenvalue weighted by Crippen LogP contribution is 2.32. The number of nitrogens with zero attached hydrogens (tertiary/aromatic N) is 2. The second kappa shape index (κ2) is 8.82. The first-order valence-electron chi connectivity index (χ1n) is 9.50. The summed E-state index contributed by atoms with van der Waals surface area (Å²) in [6.45, 7) is 4.07. The van der Waals surface area contributed by atoms with Crippen molar-refractivity contribution in [2.45, 2.75) is 26.2 Å². The number of rotatable bonds is 6. The van der Waals surface area contributed by atoms with Crippen LogP contribution < -0.4 is 10.2 Å². The number of halogens is 1. The summed E-state index contributed by atoms with van der Waals surface area (Å²) in [5, 5.41) is 14.3. The highest BCUT2D eigenvalue weighted by Gasteiger charge is 2.25. The zero-order chi connectivity index (χ0) is 20.1. The molecule has 0 bridgehead atoms. The highest BCUT2D eigenvalue weighted by atomic mass is 19.1. The molecule has 28 heavy (non-hydrogen) atoms. The third-order valence-corrected chi connectivity index (χ3v) is 5.04. The molecule has 2 aromatic carbocycles. The van der Waals surface area contributed by atoms with Crippen molar-refractivity contribution in [3.8, 4) is 0 Å². The summed E-state index contributed by atoms with van der Waals surface area (Å²) in [5.41, 5.74) is 1.70. The molecule has 0 aliphatic carbocycles. The number of carbonyl (C=O) groups excluding carboxylic acids is 1. The standard InChI is InChI=1S/C21H24FN3O3/c1-15-3-2-12-24(14-15)19-9-6-17(13-20(19)25(27)28)21(26)23-11-10-16-4-7-18(22)8-5-16/h4-9,13,15H,2-3,10-12,14H2,1H3,(H,23,26)/t15-/m0/s1. The molecule has 1 fully saturated rings. The van der Waals surface area contributed by atoms with Crippen molar-refractivity contribution in [3.05, 3.63) is 69.5 Å². The van der Waals surface area contributed by atoms with Crippen LogP contribution in [0.15, 0.2) is 42.5 Å². The summed E-state index contributed by atoms with van der Waals surface area (Å²) in [6, 6.07) is 10.7. The van der Waals surface area contributed by atoms with Gasteiger partial charge in [0.1, 0.15) is 11.5 Å². The molecular weight excluding hydrogens is 361 g/mol. The molecule has 0 unspecified atom stereocenters. The number of nitrogens with one attached hydrogen (secondary N) is 1. The maximum Gasteiger partial charge on any atom is 0.293 e. The lowest BCUT2D eigenvalue weighted by Gasteiger charge is -2.32. The van der Waals surface area contributed by atoms with E-state index in [4.69, 9.17) is 0 Å². The Morgan fingerprint density at radius 3 is 2.71 bits per heavy atom. The average molecular weight is 385 g/mol. The second-order valence-corrected chi connectivity index (χ2v) is 7.29. The van der Waals surface area contributed by atoms with Crippen molar-refractivity contribution < 1.29 is 14.1 Å². The van der Waals surface area contributed by atoms with Crippen molar-refractivity contribution in [2.75, 3.05) is 24.5 Å². The van der Waals surface area contributed by atoms with Gasteiger partial charge in [0.25, 0.3) is 11.6 Å². The molecule has 1 aliphatic rings. The minimum absolute atomic E-state index is 0.0414. The zero-order valence-electron chi connectivity index (χ0n) is 15.9. The van der Waals surface area contributed by atoms with Crippen molar-refractivity contribution in [1.82, 2.24) is 5.32 Å². The van der Waals surface area contributed by atoms with Crippen LogP contribution in [0.2, 0.25) is 0 Å². The number of anilines is 1. The van der Waals surface area contributed by atoms with Crippen molar-refractivity contribution in [1.29, 1.82) is 0 Å². The molecule has 1 atom stereocenters. The van der Waals surface area contributed by atoms with Crippen molar-refractivity contribution in [2.24, 2.45) is 5.92 Å². The second-order valence-electron chi connectivity index (χ2n) is 7.29. The van der Waals surface area contributed by atoms with Crippen LogP contribution in [0.25, 0.3) is 0 Å². The molecule has 1 saturated heterocycles. The molecule has 6 nitrogen and oxygen atoms in total. The number of hydrogen-bond acceptors (Lipinski definition) is 4. The fraction of sp³-hybridized carbons (Fsp3) is 0.381. The molecule has 1 heterocycles. The van der Waals surface area contributed by atoms with Gasteiger partial charge < -0.3 is 10.2 Å². The fourth-order valence-electron chi connectivity index (χ4n) is 3.56. The molecule has 148 valence electrons. The van der Waals surface area contributed by atoms with E-state index < -0.39 is 4.92 Å². The Morgan fingerprint density at radius 1 is 1.29 bits per heavy atom. The predicted molar refractivity (Wildman–Crippen MR) is 106 cm³/mol. The Kier molecular flexibility index (Phi) is 6.23. The van der Waals surface area contributed by atoms with Crippen LogP contribution in [0, 0.1) is 21.8 Å². The molecule has 1 aliphatic heterocycles. The topological polar surface area (TPSA) is 75.5 Å². The lowest BCUT2D eigenvalue weighted by atomic mass is 9.99. The number of benzene rings is 2. The number of amides is 1. The number of carbonyl (C=O) groups is 1. The predicted octanol–water partition coefficient (Wildman–Crippen LogP) is 3.94. The van der Waals surface area contributed by atoms with Gasteiger partial charge in [0.05, 0.1) is 4.92 Å². The van der Waals surface area contributed by atoms with Gasteiger partial charge >= 0.3 is 0 Å². The minimum atomic E-state index is -0.427. The van der Waals surface area contributed by atoms with Gasteiger partial charge in [0.15, 0.2) is 0 Å². The molecule has 0 spiro atoms. The lowest BCUT2D eigenvalue weighted by Crippen LogP contribution is -2.34. The Morgan fingerprint density at radius 2 is 2.04 bits per heavy atom. The van der Waals surface area contributed by atoms with E-state index in [1.54, 1.807) is 24.3 Å². The fourth-order valence-corrected chi connectivity index (χ4v) is 3.56. The molecule has 7 heteroatoms. The van der Waals surface area contributed by atoms with Crippen LogP contribution in [0.4, 0.5) is 15.8 Å². The smallest absolute Gasteiger partial charge is 0.293 e. The molecule has 0 aromatic heterocycles. The van der Waals surface area contributed by atoms with Gasteiger partial charge in [-0.2, -0.15) is 0 Å². The van der Waals surface area contributed by atoms with E-state index >= 15 is 0 Å². The molecule has 2 aromatic rings. The number of hydrogen-bond donors (Lipinski definition) is 1. The lowest BCUT2D eigenvalue weighted by molar-refractivity contribution is -0.384. The quantitative estimate of drug-likeness (QED) is 0.604. The largest absolute Gasteiger partial charge is 0.366 e. The van der Waals surface area contributed by atoms with Crippen molar-refractivity contribution >= 4 is 17.3 Å². The summed E-state index contributed by atoms with van der Waals surface area (Å²) >= 11 is 0. The van der Waals surface area contributed by atoms with Crippen molar-refractivity contribution in [3.63, 3.8) is 0 Å². The van der Waals surface area contributed by atoms with E-state index in [9.17, 15) is 19.3 Å². The van der Waals surface area contributed by atoms with E-state index in [1.807, 2.05) is 4.90 Å². The molecule has 0 radical (unpaired) electrons. The zero-order valence-corrected chi connectivity index (χ0v) is 15.9. The highest BCUT2D eigenvalue weighted by molar-refractivity contribution is 5.95. The normalized spacial score (nSPS) is 16.6. The number of piperidine rings is 1. The van der Waals surface area contributed by atoms with E-state index in [0.717, 1.165) is 31.5 Å². The third-order valence-electron chi connectivity index (χ3n) is 5.04. The summed E-state index contributed by atoms with van der Waals surface area (Å²) < 4.78 is 12.9. The van der Waals surface area contributed by atoms with Crippen LogP contribution in [-0.2, 0) is 6.42 Å². The molecule has 0 saturated carbocycles. The van der Waals surface area contributed by atoms with E-state index in [1.165, 1.54) is 18.2 Å². The van der Waals surface area contributed by atoms with Crippen LogP contribution in [0.3, 0.4) is 0 Å². The summed E-state index contributed by atoms with van der Waals surface area (Å²) in [5.74, 6) is -0.171. The Labute approximate surface area is 163 Å². The number of nitro benzene ring substituents is 1. The Hall–Kier alpha value is -2.96. The molecule has 1 amide bonds. The van der Waals surface area contributed by atoms with E-state index in [2.05, 4.69) is 12.2 Å². The third kappa shape index (κ3) is 4.85. The first-order valence-corrected chi connectivity index (χ1v) is 9.50. The molecular formula is C21H24FN3O3. The van der Waals surface area contributed by atoms with Gasteiger partial charge in [0.2, 0.25) is 0 Å². The summed E-state index contributed by atoms with van der Waals surface area (Å²) in [6.07, 6.45) is 2.68. The van der Waals surface area contributed by atoms with Crippen LogP contribution in [-0.4, -0.2) is 30.5 Å². The van der Waals surface area contributed by atoms with Gasteiger partial charge in [-0.05, 0) is 55.0 Å². The first kappa shape index (κ1) is 19.8. The molecule has 3 rings (SSSR count). The maximum absolute atomic E-state index is 12.9. The number of nitro groups is 1. The Balaban J connectivity index is 1.67. The summed E-state index contributed by atoms with van der Waals surface area (Å²) in [7, 11) is 0. The van der Waals surface area contributed by atoms with E-state index in [-0.39, 0.29) is 23.0 Å². The van der Waals surface area contributed by atoms with Gasteiger partial charge in [-0.25, -0.2) is 4.39 Å². The minimum Gasteiger partial charge on any atom is -0.366 e. The maximum atomic E-state index is 12.9. The Bertz CT molecular complexity index is 854. The summed E-state index contributed by atoms with van der Waals surface area (Å²) in [4.78, 5) is 25.6. The van der Waals surface area contributed by atoms with Gasteiger partial charge in [-0.1, -0.05) is 19.1 Å². The average Bonchev–Trinajstić information content (AvgIpc) is 2.69.